The van der Waals surface area contributed by atoms with Crippen LogP contribution in [0.2, 0.25) is 0 Å². The number of aliphatic hydroxyl groups is 1. The van der Waals surface area contributed by atoms with Gasteiger partial charge in [0.25, 0.3) is 0 Å². The number of hydrogen-bond donors (Lipinski definition) is 2. The summed E-state index contributed by atoms with van der Waals surface area (Å²) in [6.45, 7) is 4.08. The first-order valence-electron chi connectivity index (χ1n) is 4.27. The smallest absolute Gasteiger partial charge is 0.0953 e. The molecule has 68 valence electrons. The number of hydrogen-bond acceptors (Lipinski definition) is 2. The molecule has 0 saturated heterocycles. The Morgan fingerprint density at radius 2 is 2.15 bits per heavy atom. The molecule has 0 amide bonds. The summed E-state index contributed by atoms with van der Waals surface area (Å²) >= 11 is 0. The number of fused-ring (bicyclic) bond motifs is 1. The normalized spacial score (nSPS) is 11.0. The first-order valence-corrected chi connectivity index (χ1v) is 4.27. The van der Waals surface area contributed by atoms with Crippen LogP contribution in [-0.4, -0.2) is 15.3 Å². The number of aliphatic hydroxyl groups excluding tert-OH is 1. The summed E-state index contributed by atoms with van der Waals surface area (Å²) in [5.74, 6) is 0. The standard InChI is InChI=1S/C10H12N2O/c1-6-3-7(2)10-8(4-6)9(5-13)11-12-10/h3-4,13H,5H2,1-2H3,(H,11,12). The molecule has 0 aliphatic rings. The van der Waals surface area contributed by atoms with Gasteiger partial charge < -0.3 is 5.11 Å². The van der Waals surface area contributed by atoms with Crippen molar-refractivity contribution in [1.82, 2.24) is 10.2 Å². The monoisotopic (exact) mass is 176 g/mol. The van der Waals surface area contributed by atoms with Gasteiger partial charge in [0.05, 0.1) is 17.8 Å². The predicted molar refractivity (Wildman–Crippen MR) is 51.5 cm³/mol. The maximum atomic E-state index is 9.04. The number of aromatic amines is 1. The van der Waals surface area contributed by atoms with Crippen LogP contribution in [0.4, 0.5) is 0 Å². The lowest BCUT2D eigenvalue weighted by Gasteiger charge is -1.98. The summed E-state index contributed by atoms with van der Waals surface area (Å²) in [6, 6.07) is 4.13. The van der Waals surface area contributed by atoms with Crippen molar-refractivity contribution < 1.29 is 5.11 Å². The van der Waals surface area contributed by atoms with Gasteiger partial charge in [-0.2, -0.15) is 5.10 Å². The van der Waals surface area contributed by atoms with Gasteiger partial charge >= 0.3 is 0 Å². The van der Waals surface area contributed by atoms with Gasteiger partial charge in [-0.3, -0.25) is 5.10 Å². The van der Waals surface area contributed by atoms with E-state index in [2.05, 4.69) is 16.3 Å². The quantitative estimate of drug-likeness (QED) is 0.694. The van der Waals surface area contributed by atoms with Crippen LogP contribution in [0.25, 0.3) is 10.9 Å². The molecule has 1 aromatic carbocycles. The first kappa shape index (κ1) is 8.26. The van der Waals surface area contributed by atoms with Crippen LogP contribution in [-0.2, 0) is 6.61 Å². The molecule has 0 aliphatic heterocycles. The number of H-pyrrole nitrogens is 1. The largest absolute Gasteiger partial charge is 0.390 e. The minimum absolute atomic E-state index is 0.0133. The van der Waals surface area contributed by atoms with Crippen LogP contribution in [0.15, 0.2) is 12.1 Å². The minimum Gasteiger partial charge on any atom is -0.390 e. The molecule has 0 saturated carbocycles. The summed E-state index contributed by atoms with van der Waals surface area (Å²) in [6.07, 6.45) is 0. The highest BCUT2D eigenvalue weighted by Gasteiger charge is 2.06. The van der Waals surface area contributed by atoms with Crippen molar-refractivity contribution in [2.75, 3.05) is 0 Å². The second-order valence-electron chi connectivity index (χ2n) is 3.34. The molecule has 3 heteroatoms. The Bertz CT molecular complexity index is 445. The van der Waals surface area contributed by atoms with Gasteiger partial charge in [0.1, 0.15) is 0 Å². The Morgan fingerprint density at radius 3 is 2.85 bits per heavy atom. The van der Waals surface area contributed by atoms with Crippen molar-refractivity contribution in [3.8, 4) is 0 Å². The highest BCUT2D eigenvalue weighted by atomic mass is 16.3. The Morgan fingerprint density at radius 1 is 1.38 bits per heavy atom. The van der Waals surface area contributed by atoms with Crippen LogP contribution in [0.1, 0.15) is 16.8 Å². The summed E-state index contributed by atoms with van der Waals surface area (Å²) in [4.78, 5) is 0. The molecule has 0 fully saturated rings. The molecule has 0 bridgehead atoms. The van der Waals surface area contributed by atoms with Gasteiger partial charge in [-0.1, -0.05) is 11.6 Å². The van der Waals surface area contributed by atoms with Gasteiger partial charge in [0.15, 0.2) is 0 Å². The number of nitrogens with zero attached hydrogens (tertiary/aromatic N) is 1. The van der Waals surface area contributed by atoms with Crippen LogP contribution >= 0.6 is 0 Å². The molecule has 0 radical (unpaired) electrons. The van der Waals surface area contributed by atoms with E-state index in [1.165, 1.54) is 5.56 Å². The zero-order chi connectivity index (χ0) is 9.42. The lowest BCUT2D eigenvalue weighted by molar-refractivity contribution is 0.278. The lowest BCUT2D eigenvalue weighted by atomic mass is 10.1. The average Bonchev–Trinajstić information content (AvgIpc) is 2.47. The van der Waals surface area contributed by atoms with Crippen molar-refractivity contribution in [2.45, 2.75) is 20.5 Å². The molecule has 1 aromatic heterocycles. The highest BCUT2D eigenvalue weighted by molar-refractivity contribution is 5.84. The number of aromatic nitrogens is 2. The van der Waals surface area contributed by atoms with E-state index in [0.29, 0.717) is 0 Å². The third-order valence-electron chi connectivity index (χ3n) is 2.23. The van der Waals surface area contributed by atoms with Gasteiger partial charge in [-0.25, -0.2) is 0 Å². The fraction of sp³-hybridized carbons (Fsp3) is 0.300. The Labute approximate surface area is 76.4 Å². The zero-order valence-electron chi connectivity index (χ0n) is 7.76. The molecular weight excluding hydrogens is 164 g/mol. The highest BCUT2D eigenvalue weighted by Crippen LogP contribution is 2.21. The summed E-state index contributed by atoms with van der Waals surface area (Å²) in [5.41, 5.74) is 4.09. The molecule has 0 unspecified atom stereocenters. The average molecular weight is 176 g/mol. The first-order chi connectivity index (χ1) is 6.22. The summed E-state index contributed by atoms with van der Waals surface area (Å²) in [5, 5.41) is 17.0. The Hall–Kier alpha value is -1.35. The third kappa shape index (κ3) is 1.21. The SMILES string of the molecule is Cc1cc(C)c2n[nH]c(CO)c2c1. The lowest BCUT2D eigenvalue weighted by Crippen LogP contribution is -1.83. The summed E-state index contributed by atoms with van der Waals surface area (Å²) < 4.78 is 0. The van der Waals surface area contributed by atoms with E-state index < -0.39 is 0 Å². The van der Waals surface area contributed by atoms with Crippen LogP contribution in [0.5, 0.6) is 0 Å². The van der Waals surface area contributed by atoms with Crippen molar-refractivity contribution >= 4 is 10.9 Å². The van der Waals surface area contributed by atoms with Gasteiger partial charge in [0, 0.05) is 5.39 Å². The number of rotatable bonds is 1. The number of nitrogens with one attached hydrogen (secondary N) is 1. The van der Waals surface area contributed by atoms with Crippen LogP contribution in [0, 0.1) is 13.8 Å². The maximum absolute atomic E-state index is 9.04. The van der Waals surface area contributed by atoms with Crippen molar-refractivity contribution in [3.63, 3.8) is 0 Å². The third-order valence-corrected chi connectivity index (χ3v) is 2.23. The van der Waals surface area contributed by atoms with E-state index in [1.807, 2.05) is 19.9 Å². The van der Waals surface area contributed by atoms with Crippen LogP contribution < -0.4 is 0 Å². The topological polar surface area (TPSA) is 48.9 Å². The van der Waals surface area contributed by atoms with E-state index in [4.69, 9.17) is 5.11 Å². The van der Waals surface area contributed by atoms with Crippen molar-refractivity contribution in [2.24, 2.45) is 0 Å². The van der Waals surface area contributed by atoms with Gasteiger partial charge in [0.2, 0.25) is 0 Å². The molecular formula is C10H12N2O. The molecule has 0 spiro atoms. The molecule has 3 nitrogen and oxygen atoms in total. The molecule has 2 aromatic rings. The molecule has 0 atom stereocenters. The second kappa shape index (κ2) is 2.85. The van der Waals surface area contributed by atoms with E-state index in [9.17, 15) is 0 Å². The van der Waals surface area contributed by atoms with E-state index in [-0.39, 0.29) is 6.61 Å². The Kier molecular flexibility index (Phi) is 1.81. The van der Waals surface area contributed by atoms with Gasteiger partial charge in [-0.15, -0.1) is 0 Å². The summed E-state index contributed by atoms with van der Waals surface area (Å²) in [7, 11) is 0. The molecule has 0 aliphatic carbocycles. The number of benzene rings is 1. The fourth-order valence-corrected chi connectivity index (χ4v) is 1.64. The molecule has 13 heavy (non-hydrogen) atoms. The van der Waals surface area contributed by atoms with E-state index >= 15 is 0 Å². The second-order valence-corrected chi connectivity index (χ2v) is 3.34. The van der Waals surface area contributed by atoms with E-state index in [0.717, 1.165) is 22.2 Å². The van der Waals surface area contributed by atoms with Crippen molar-refractivity contribution in [3.05, 3.63) is 29.0 Å². The maximum Gasteiger partial charge on any atom is 0.0953 e. The molecule has 2 N–H and O–H groups in total. The zero-order valence-corrected chi connectivity index (χ0v) is 7.76. The predicted octanol–water partition coefficient (Wildman–Crippen LogP) is 1.67. The number of aryl methyl sites for hydroxylation is 2. The minimum atomic E-state index is 0.0133. The van der Waals surface area contributed by atoms with E-state index in [1.54, 1.807) is 0 Å². The fourth-order valence-electron chi connectivity index (χ4n) is 1.64. The molecule has 2 rings (SSSR count). The van der Waals surface area contributed by atoms with Crippen LogP contribution in [0.3, 0.4) is 0 Å². The Balaban J connectivity index is 2.82. The molecule has 1 heterocycles. The van der Waals surface area contributed by atoms with Gasteiger partial charge in [-0.05, 0) is 25.5 Å². The van der Waals surface area contributed by atoms with Crippen molar-refractivity contribution in [1.29, 1.82) is 0 Å².